The molecular weight excluding hydrogens is 284 g/mol. The van der Waals surface area contributed by atoms with E-state index in [9.17, 15) is 9.90 Å². The molecule has 5 nitrogen and oxygen atoms in total. The van der Waals surface area contributed by atoms with Crippen molar-refractivity contribution in [1.29, 1.82) is 0 Å². The van der Waals surface area contributed by atoms with E-state index in [1.807, 2.05) is 0 Å². The molecule has 0 atom stereocenters. The molecule has 2 aromatic rings. The van der Waals surface area contributed by atoms with Gasteiger partial charge in [0.1, 0.15) is 11.3 Å². The summed E-state index contributed by atoms with van der Waals surface area (Å²) in [4.78, 5) is 11.4. The molecule has 1 aliphatic rings. The van der Waals surface area contributed by atoms with Gasteiger partial charge < -0.3 is 19.0 Å². The Balaban J connectivity index is 1.83. The van der Waals surface area contributed by atoms with Gasteiger partial charge in [-0.25, -0.2) is 4.79 Å². The summed E-state index contributed by atoms with van der Waals surface area (Å²) in [7, 11) is 1.57. The number of carbonyl (C=O) groups is 1. The first kappa shape index (κ1) is 14.8. The van der Waals surface area contributed by atoms with Crippen LogP contribution in [0.2, 0.25) is 0 Å². The Morgan fingerprint density at radius 1 is 1.36 bits per heavy atom. The van der Waals surface area contributed by atoms with Gasteiger partial charge in [0.05, 0.1) is 19.1 Å². The molecule has 1 saturated carbocycles. The lowest BCUT2D eigenvalue weighted by Gasteiger charge is -2.10. The quantitative estimate of drug-likeness (QED) is 0.870. The van der Waals surface area contributed by atoms with Crippen LogP contribution in [0.15, 0.2) is 22.6 Å². The molecule has 0 spiro atoms. The van der Waals surface area contributed by atoms with E-state index in [-0.39, 0.29) is 5.76 Å². The van der Waals surface area contributed by atoms with Gasteiger partial charge in [-0.2, -0.15) is 0 Å². The maximum absolute atomic E-state index is 11.4. The highest BCUT2D eigenvalue weighted by Crippen LogP contribution is 2.36. The molecule has 1 aliphatic carbocycles. The second-order valence-electron chi connectivity index (χ2n) is 5.72. The van der Waals surface area contributed by atoms with Crippen molar-refractivity contribution in [2.45, 2.75) is 32.1 Å². The molecule has 3 rings (SSSR count). The second kappa shape index (κ2) is 6.30. The van der Waals surface area contributed by atoms with Crippen LogP contribution < -0.4 is 9.47 Å². The highest BCUT2D eigenvalue weighted by Gasteiger charge is 2.23. The minimum Gasteiger partial charge on any atom is -0.497 e. The standard InChI is InChI=1S/C17H20O5/c1-20-12-6-7-14-13(10-12)15(16(22-14)17(18)19)21-9-8-11-4-2-3-5-11/h6-7,10-11H,2-5,8-9H2,1H3,(H,18,19). The largest absolute Gasteiger partial charge is 0.497 e. The number of carboxylic acids is 1. The van der Waals surface area contributed by atoms with Crippen molar-refractivity contribution < 1.29 is 23.8 Å². The number of fused-ring (bicyclic) bond motifs is 1. The van der Waals surface area contributed by atoms with Crippen LogP contribution in [0.5, 0.6) is 11.5 Å². The third kappa shape index (κ3) is 2.89. The summed E-state index contributed by atoms with van der Waals surface area (Å²) >= 11 is 0. The lowest BCUT2D eigenvalue weighted by atomic mass is 10.1. The van der Waals surface area contributed by atoms with Crippen LogP contribution in [0.1, 0.15) is 42.7 Å². The van der Waals surface area contributed by atoms with Crippen molar-refractivity contribution in [3.05, 3.63) is 24.0 Å². The molecule has 0 amide bonds. The first-order valence-corrected chi connectivity index (χ1v) is 7.65. The van der Waals surface area contributed by atoms with E-state index in [0.29, 0.717) is 35.0 Å². The Morgan fingerprint density at radius 3 is 2.82 bits per heavy atom. The molecule has 0 radical (unpaired) electrons. The zero-order valence-corrected chi connectivity index (χ0v) is 12.6. The molecule has 1 aromatic carbocycles. The number of furan rings is 1. The maximum atomic E-state index is 11.4. The predicted octanol–water partition coefficient (Wildman–Crippen LogP) is 4.10. The van der Waals surface area contributed by atoms with Gasteiger partial charge >= 0.3 is 5.97 Å². The van der Waals surface area contributed by atoms with E-state index in [2.05, 4.69) is 0 Å². The summed E-state index contributed by atoms with van der Waals surface area (Å²) in [6.07, 6.45) is 6.02. The number of methoxy groups -OCH3 is 1. The van der Waals surface area contributed by atoms with E-state index in [4.69, 9.17) is 13.9 Å². The number of ether oxygens (including phenoxy) is 2. The minimum atomic E-state index is -1.12. The molecule has 1 aromatic heterocycles. The summed E-state index contributed by atoms with van der Waals surface area (Å²) in [6.45, 7) is 0.511. The number of carboxylic acid groups (broad SMARTS) is 1. The summed E-state index contributed by atoms with van der Waals surface area (Å²) in [5.74, 6) is 0.381. The third-order valence-electron chi connectivity index (χ3n) is 4.29. The van der Waals surface area contributed by atoms with Crippen LogP contribution in [-0.2, 0) is 0 Å². The number of rotatable bonds is 6. The van der Waals surface area contributed by atoms with E-state index in [0.717, 1.165) is 6.42 Å². The lowest BCUT2D eigenvalue weighted by molar-refractivity contribution is 0.0658. The van der Waals surface area contributed by atoms with Gasteiger partial charge in [0.25, 0.3) is 5.76 Å². The first-order chi connectivity index (χ1) is 10.7. The Hall–Kier alpha value is -2.17. The van der Waals surface area contributed by atoms with Crippen LogP contribution in [0, 0.1) is 5.92 Å². The monoisotopic (exact) mass is 304 g/mol. The summed E-state index contributed by atoms with van der Waals surface area (Å²) in [6, 6.07) is 5.18. The van der Waals surface area contributed by atoms with Crippen molar-refractivity contribution in [2.75, 3.05) is 13.7 Å². The van der Waals surface area contributed by atoms with Crippen LogP contribution in [0.4, 0.5) is 0 Å². The summed E-state index contributed by atoms with van der Waals surface area (Å²) in [5.41, 5.74) is 0.495. The predicted molar refractivity (Wildman–Crippen MR) is 81.8 cm³/mol. The molecule has 0 bridgehead atoms. The van der Waals surface area contributed by atoms with Crippen molar-refractivity contribution >= 4 is 16.9 Å². The van der Waals surface area contributed by atoms with E-state index < -0.39 is 5.97 Å². The van der Waals surface area contributed by atoms with Crippen LogP contribution in [0.25, 0.3) is 11.0 Å². The van der Waals surface area contributed by atoms with Crippen LogP contribution in [-0.4, -0.2) is 24.8 Å². The molecule has 22 heavy (non-hydrogen) atoms. The van der Waals surface area contributed by atoms with Gasteiger partial charge in [-0.05, 0) is 30.5 Å². The van der Waals surface area contributed by atoms with Crippen molar-refractivity contribution in [2.24, 2.45) is 5.92 Å². The number of benzene rings is 1. The molecule has 0 aliphatic heterocycles. The van der Waals surface area contributed by atoms with E-state index in [1.165, 1.54) is 25.7 Å². The number of hydrogen-bond acceptors (Lipinski definition) is 4. The normalized spacial score (nSPS) is 15.3. The van der Waals surface area contributed by atoms with Gasteiger partial charge in [0, 0.05) is 0 Å². The smallest absolute Gasteiger partial charge is 0.375 e. The Labute approximate surface area is 128 Å². The molecule has 1 N–H and O–H groups in total. The zero-order valence-electron chi connectivity index (χ0n) is 12.6. The number of aromatic carboxylic acids is 1. The molecule has 5 heteroatoms. The Morgan fingerprint density at radius 2 is 2.14 bits per heavy atom. The van der Waals surface area contributed by atoms with Crippen molar-refractivity contribution in [1.82, 2.24) is 0 Å². The maximum Gasteiger partial charge on any atom is 0.375 e. The molecule has 1 heterocycles. The molecule has 118 valence electrons. The summed E-state index contributed by atoms with van der Waals surface area (Å²) < 4.78 is 16.4. The van der Waals surface area contributed by atoms with Gasteiger partial charge in [0.2, 0.25) is 0 Å². The summed E-state index contributed by atoms with van der Waals surface area (Å²) in [5, 5.41) is 9.94. The average molecular weight is 304 g/mol. The van der Waals surface area contributed by atoms with Crippen LogP contribution >= 0.6 is 0 Å². The first-order valence-electron chi connectivity index (χ1n) is 7.65. The third-order valence-corrected chi connectivity index (χ3v) is 4.29. The van der Waals surface area contributed by atoms with Crippen molar-refractivity contribution in [3.8, 4) is 11.5 Å². The van der Waals surface area contributed by atoms with Gasteiger partial charge in [-0.1, -0.05) is 25.7 Å². The Bertz CT molecular complexity index is 667. The molecular formula is C17H20O5. The molecule has 0 saturated heterocycles. The Kier molecular flexibility index (Phi) is 4.22. The number of hydrogen-bond donors (Lipinski definition) is 1. The fourth-order valence-electron chi connectivity index (χ4n) is 3.09. The van der Waals surface area contributed by atoms with Crippen LogP contribution in [0.3, 0.4) is 0 Å². The average Bonchev–Trinajstić information content (AvgIpc) is 3.14. The van der Waals surface area contributed by atoms with E-state index in [1.54, 1.807) is 25.3 Å². The van der Waals surface area contributed by atoms with E-state index >= 15 is 0 Å². The van der Waals surface area contributed by atoms with Gasteiger partial charge in [-0.15, -0.1) is 0 Å². The SMILES string of the molecule is COc1ccc2oc(C(=O)O)c(OCCC3CCCC3)c2c1. The minimum absolute atomic E-state index is 0.144. The van der Waals surface area contributed by atoms with Gasteiger partial charge in [-0.3, -0.25) is 0 Å². The van der Waals surface area contributed by atoms with Gasteiger partial charge in [0.15, 0.2) is 5.75 Å². The van der Waals surface area contributed by atoms with Crippen molar-refractivity contribution in [3.63, 3.8) is 0 Å². The lowest BCUT2D eigenvalue weighted by Crippen LogP contribution is -2.06. The highest BCUT2D eigenvalue weighted by molar-refractivity contribution is 5.98. The second-order valence-corrected chi connectivity index (χ2v) is 5.72. The fourth-order valence-corrected chi connectivity index (χ4v) is 3.09. The molecule has 0 unspecified atom stereocenters. The molecule has 1 fully saturated rings. The topological polar surface area (TPSA) is 68.9 Å². The fraction of sp³-hybridized carbons (Fsp3) is 0.471. The zero-order chi connectivity index (χ0) is 15.5. The highest BCUT2D eigenvalue weighted by atomic mass is 16.5.